The first kappa shape index (κ1) is 19.6. The molecule has 0 fully saturated rings. The molecule has 2 heterocycles. The zero-order valence-corrected chi connectivity index (χ0v) is 16.8. The topological polar surface area (TPSA) is 112 Å². The maximum Gasteiger partial charge on any atom is 0.257 e. The van der Waals surface area contributed by atoms with E-state index in [0.29, 0.717) is 51.5 Å². The molecule has 154 valence electrons. The van der Waals surface area contributed by atoms with Crippen LogP contribution < -0.4 is 24.8 Å². The number of carbonyl (C=O) groups is 2. The summed E-state index contributed by atoms with van der Waals surface area (Å²) in [6.45, 7) is 0.537. The Hall–Kier alpha value is -3.66. The van der Waals surface area contributed by atoms with Gasteiger partial charge in [-0.15, -0.1) is 10.2 Å². The van der Waals surface area contributed by atoms with Gasteiger partial charge < -0.3 is 19.5 Å². The largest absolute Gasteiger partial charge is 0.497 e. The standard InChI is InChI=1S/C20H18N4O5S/c1-27-14-4-2-3-12(9-14)18(25)21-8-7-17-23-24-20(30-17)22-19(26)13-5-6-15-16(10-13)29-11-28-15/h2-6,9-10H,7-8,11H2,1H3,(H,21,25)(H,22,24,26). The van der Waals surface area contributed by atoms with E-state index < -0.39 is 0 Å². The Kier molecular flexibility index (Phi) is 5.75. The molecule has 4 rings (SSSR count). The molecule has 1 aliphatic rings. The van der Waals surface area contributed by atoms with Crippen LogP contribution in [0.5, 0.6) is 17.2 Å². The average Bonchev–Trinajstić information content (AvgIpc) is 3.42. The predicted octanol–water partition coefficient (Wildman–Crippen LogP) is 2.50. The van der Waals surface area contributed by atoms with Crippen molar-refractivity contribution in [2.75, 3.05) is 25.8 Å². The lowest BCUT2D eigenvalue weighted by molar-refractivity contribution is 0.0953. The smallest absolute Gasteiger partial charge is 0.257 e. The maximum absolute atomic E-state index is 12.4. The molecule has 30 heavy (non-hydrogen) atoms. The second-order valence-electron chi connectivity index (χ2n) is 6.26. The minimum atomic E-state index is -0.317. The fourth-order valence-electron chi connectivity index (χ4n) is 2.76. The molecular formula is C20H18N4O5S. The van der Waals surface area contributed by atoms with Crippen molar-refractivity contribution in [2.24, 2.45) is 0 Å². The summed E-state index contributed by atoms with van der Waals surface area (Å²) >= 11 is 1.25. The molecule has 2 amide bonds. The van der Waals surface area contributed by atoms with Crippen molar-refractivity contribution in [3.8, 4) is 17.2 Å². The van der Waals surface area contributed by atoms with Crippen LogP contribution in [0.25, 0.3) is 0 Å². The first-order chi connectivity index (χ1) is 14.6. The summed E-state index contributed by atoms with van der Waals surface area (Å²) in [7, 11) is 1.55. The molecule has 2 aromatic carbocycles. The number of fused-ring (bicyclic) bond motifs is 1. The van der Waals surface area contributed by atoms with Gasteiger partial charge in [0, 0.05) is 24.1 Å². The minimum absolute atomic E-state index is 0.147. The molecule has 9 nitrogen and oxygen atoms in total. The van der Waals surface area contributed by atoms with E-state index in [-0.39, 0.29) is 18.6 Å². The van der Waals surface area contributed by atoms with Gasteiger partial charge in [-0.25, -0.2) is 0 Å². The Labute approximate surface area is 176 Å². The number of nitrogens with one attached hydrogen (secondary N) is 2. The summed E-state index contributed by atoms with van der Waals surface area (Å²) in [5.41, 5.74) is 0.949. The van der Waals surface area contributed by atoms with E-state index in [1.807, 2.05) is 0 Å². The lowest BCUT2D eigenvalue weighted by Crippen LogP contribution is -2.25. The summed E-state index contributed by atoms with van der Waals surface area (Å²) in [5, 5.41) is 14.7. The SMILES string of the molecule is COc1cccc(C(=O)NCCc2nnc(NC(=O)c3ccc4c(c3)OCO4)s2)c1. The van der Waals surface area contributed by atoms with Gasteiger partial charge in [-0.3, -0.25) is 14.9 Å². The third-order valence-corrected chi connectivity index (χ3v) is 5.18. The second-order valence-corrected chi connectivity index (χ2v) is 7.32. The zero-order chi connectivity index (χ0) is 20.9. The zero-order valence-electron chi connectivity index (χ0n) is 16.0. The van der Waals surface area contributed by atoms with Gasteiger partial charge in [0.05, 0.1) is 7.11 Å². The summed E-state index contributed by atoms with van der Waals surface area (Å²) in [6, 6.07) is 11.9. The molecule has 1 aromatic heterocycles. The van der Waals surface area contributed by atoms with Crippen LogP contribution in [0.4, 0.5) is 5.13 Å². The summed E-state index contributed by atoms with van der Waals surface area (Å²) in [5.74, 6) is 1.25. The third-order valence-electron chi connectivity index (χ3n) is 4.28. The molecule has 0 bridgehead atoms. The van der Waals surface area contributed by atoms with Crippen molar-refractivity contribution >= 4 is 28.3 Å². The molecule has 0 spiro atoms. The summed E-state index contributed by atoms with van der Waals surface area (Å²) < 4.78 is 15.6. The molecule has 0 saturated carbocycles. The molecule has 10 heteroatoms. The molecule has 0 aliphatic carbocycles. The van der Waals surface area contributed by atoms with E-state index in [0.717, 1.165) is 0 Å². The van der Waals surface area contributed by atoms with E-state index in [1.54, 1.807) is 49.6 Å². The van der Waals surface area contributed by atoms with Crippen LogP contribution >= 0.6 is 11.3 Å². The quantitative estimate of drug-likeness (QED) is 0.597. The number of rotatable bonds is 7. The highest BCUT2D eigenvalue weighted by atomic mass is 32.1. The number of carbonyl (C=O) groups excluding carboxylic acids is 2. The Morgan fingerprint density at radius 3 is 2.77 bits per heavy atom. The highest BCUT2D eigenvalue weighted by Gasteiger charge is 2.17. The van der Waals surface area contributed by atoms with Gasteiger partial charge >= 0.3 is 0 Å². The van der Waals surface area contributed by atoms with Gasteiger partial charge in [0.25, 0.3) is 11.8 Å². The van der Waals surface area contributed by atoms with Gasteiger partial charge in [0.1, 0.15) is 10.8 Å². The van der Waals surface area contributed by atoms with E-state index in [2.05, 4.69) is 20.8 Å². The number of methoxy groups -OCH3 is 1. The molecule has 1 aliphatic heterocycles. The lowest BCUT2D eigenvalue weighted by Gasteiger charge is -2.05. The number of hydrogen-bond acceptors (Lipinski definition) is 8. The van der Waals surface area contributed by atoms with Crippen molar-refractivity contribution < 1.29 is 23.8 Å². The number of amides is 2. The van der Waals surface area contributed by atoms with E-state index in [9.17, 15) is 9.59 Å². The summed E-state index contributed by atoms with van der Waals surface area (Å²) in [4.78, 5) is 24.6. The van der Waals surface area contributed by atoms with Crippen LogP contribution in [0.2, 0.25) is 0 Å². The molecule has 0 atom stereocenters. The maximum atomic E-state index is 12.4. The average molecular weight is 426 g/mol. The fourth-order valence-corrected chi connectivity index (χ4v) is 3.50. The van der Waals surface area contributed by atoms with Gasteiger partial charge in [0.2, 0.25) is 11.9 Å². The van der Waals surface area contributed by atoms with Crippen molar-refractivity contribution in [1.29, 1.82) is 0 Å². The number of ether oxygens (including phenoxy) is 3. The third kappa shape index (κ3) is 4.49. The van der Waals surface area contributed by atoms with Gasteiger partial charge in [0.15, 0.2) is 11.5 Å². The Morgan fingerprint density at radius 1 is 1.07 bits per heavy atom. The van der Waals surface area contributed by atoms with E-state index in [4.69, 9.17) is 14.2 Å². The number of anilines is 1. The Balaban J connectivity index is 1.29. The highest BCUT2D eigenvalue weighted by Crippen LogP contribution is 2.32. The number of nitrogens with zero attached hydrogens (tertiary/aromatic N) is 2. The van der Waals surface area contributed by atoms with Crippen LogP contribution in [0.15, 0.2) is 42.5 Å². The molecule has 0 saturated heterocycles. The van der Waals surface area contributed by atoms with Crippen LogP contribution in [0, 0.1) is 0 Å². The first-order valence-electron chi connectivity index (χ1n) is 9.08. The molecule has 3 aromatic rings. The van der Waals surface area contributed by atoms with Crippen molar-refractivity contribution in [3.05, 3.63) is 58.6 Å². The van der Waals surface area contributed by atoms with Gasteiger partial charge in [-0.2, -0.15) is 0 Å². The highest BCUT2D eigenvalue weighted by molar-refractivity contribution is 7.15. The van der Waals surface area contributed by atoms with Gasteiger partial charge in [-0.05, 0) is 36.4 Å². The monoisotopic (exact) mass is 426 g/mol. The molecule has 0 radical (unpaired) electrons. The molecular weight excluding hydrogens is 408 g/mol. The van der Waals surface area contributed by atoms with Crippen molar-refractivity contribution in [1.82, 2.24) is 15.5 Å². The molecule has 0 unspecified atom stereocenters. The number of hydrogen-bond donors (Lipinski definition) is 2. The normalized spacial score (nSPS) is 11.8. The first-order valence-corrected chi connectivity index (χ1v) is 9.89. The minimum Gasteiger partial charge on any atom is -0.497 e. The molecule has 2 N–H and O–H groups in total. The van der Waals surface area contributed by atoms with Crippen LogP contribution in [0.1, 0.15) is 25.7 Å². The second kappa shape index (κ2) is 8.78. The van der Waals surface area contributed by atoms with Crippen molar-refractivity contribution in [2.45, 2.75) is 6.42 Å². The predicted molar refractivity (Wildman–Crippen MR) is 109 cm³/mol. The van der Waals surface area contributed by atoms with Crippen LogP contribution in [-0.2, 0) is 6.42 Å². The van der Waals surface area contributed by atoms with Crippen molar-refractivity contribution in [3.63, 3.8) is 0 Å². The van der Waals surface area contributed by atoms with E-state index in [1.165, 1.54) is 11.3 Å². The number of aromatic nitrogens is 2. The lowest BCUT2D eigenvalue weighted by atomic mass is 10.2. The summed E-state index contributed by atoms with van der Waals surface area (Å²) in [6.07, 6.45) is 0.493. The van der Waals surface area contributed by atoms with Gasteiger partial charge in [-0.1, -0.05) is 17.4 Å². The Bertz CT molecular complexity index is 1080. The Morgan fingerprint density at radius 2 is 1.90 bits per heavy atom. The fraction of sp³-hybridized carbons (Fsp3) is 0.200. The van der Waals surface area contributed by atoms with Crippen LogP contribution in [-0.4, -0.2) is 42.5 Å². The van der Waals surface area contributed by atoms with E-state index >= 15 is 0 Å². The van der Waals surface area contributed by atoms with Crippen LogP contribution in [0.3, 0.4) is 0 Å². The number of benzene rings is 2.